The number of ether oxygens (including phenoxy) is 2. The van der Waals surface area contributed by atoms with Crippen molar-refractivity contribution in [1.29, 1.82) is 0 Å². The summed E-state index contributed by atoms with van der Waals surface area (Å²) in [6, 6.07) is 0. The second kappa shape index (κ2) is 10.6. The average molecular weight is 355 g/mol. The van der Waals surface area contributed by atoms with Crippen LogP contribution in [0.15, 0.2) is 0 Å². The van der Waals surface area contributed by atoms with Crippen LogP contribution in [0.25, 0.3) is 0 Å². The third-order valence-corrected chi connectivity index (χ3v) is 5.04. The highest BCUT2D eigenvalue weighted by Crippen LogP contribution is 2.49. The summed E-state index contributed by atoms with van der Waals surface area (Å²) in [5, 5.41) is 2.25. The van der Waals surface area contributed by atoms with Gasteiger partial charge in [0.1, 0.15) is 0 Å². The van der Waals surface area contributed by atoms with Gasteiger partial charge in [0.15, 0.2) is 5.91 Å². The molecule has 0 aromatic carbocycles. The molecule has 0 fully saturated rings. The van der Waals surface area contributed by atoms with Crippen LogP contribution in [0, 0.1) is 5.92 Å². The van der Waals surface area contributed by atoms with Crippen LogP contribution in [0.2, 0.25) is 0 Å². The molecule has 0 aromatic rings. The Bertz CT molecular complexity index is 431. The van der Waals surface area contributed by atoms with Crippen LogP contribution in [0.1, 0.15) is 47.0 Å². The minimum atomic E-state index is -3.85. The zero-order valence-corrected chi connectivity index (χ0v) is 15.0. The third-order valence-electron chi connectivity index (χ3n) is 2.95. The molecule has 0 saturated heterocycles. The summed E-state index contributed by atoms with van der Waals surface area (Å²) in [6.07, 6.45) is -1.14. The Hall–Kier alpha value is -1.14. The van der Waals surface area contributed by atoms with E-state index < -0.39 is 31.6 Å². The molecule has 9 heteroatoms. The largest absolute Gasteiger partial charge is 0.425 e. The molecule has 23 heavy (non-hydrogen) atoms. The number of alkyl carbamates (subject to hydrolysis) is 1. The van der Waals surface area contributed by atoms with Crippen molar-refractivity contribution in [2.24, 2.45) is 5.92 Å². The molecule has 0 aliphatic rings. The fourth-order valence-corrected chi connectivity index (χ4v) is 3.12. The van der Waals surface area contributed by atoms with Gasteiger partial charge < -0.3 is 19.7 Å². The van der Waals surface area contributed by atoms with E-state index in [4.69, 9.17) is 9.47 Å². The van der Waals surface area contributed by atoms with Crippen LogP contribution in [0.5, 0.6) is 0 Å². The lowest BCUT2D eigenvalue weighted by molar-refractivity contribution is -0.168. The molecule has 0 rings (SSSR count). The van der Waals surface area contributed by atoms with E-state index in [2.05, 4.69) is 5.32 Å². The molecule has 1 unspecified atom stereocenters. The Kier molecular flexibility index (Phi) is 10.1. The van der Waals surface area contributed by atoms with Crippen LogP contribution in [-0.4, -0.2) is 41.9 Å². The molecule has 0 heterocycles. The van der Waals surface area contributed by atoms with Crippen molar-refractivity contribution in [2.75, 3.05) is 12.7 Å². The number of rotatable bonds is 10. The Morgan fingerprint density at radius 3 is 2.39 bits per heavy atom. The lowest BCUT2D eigenvalue weighted by Gasteiger charge is -2.17. The van der Waals surface area contributed by atoms with E-state index in [-0.39, 0.29) is 25.0 Å². The Morgan fingerprint density at radius 1 is 1.26 bits per heavy atom. The highest BCUT2D eigenvalue weighted by Gasteiger charge is 2.29. The Morgan fingerprint density at radius 2 is 1.87 bits per heavy atom. The first-order valence-corrected chi connectivity index (χ1v) is 9.62. The number of nitrogens with one attached hydrogen (secondary N) is 1. The summed E-state index contributed by atoms with van der Waals surface area (Å²) in [6.45, 7) is 6.36. The van der Waals surface area contributed by atoms with Gasteiger partial charge in [0.25, 0.3) is 0 Å². The molecular formula is C14H27FNO6P. The number of unbranched alkanes of at least 4 members (excludes halogenated alkanes) is 1. The van der Waals surface area contributed by atoms with Crippen LogP contribution < -0.4 is 5.32 Å². The first-order chi connectivity index (χ1) is 10.6. The number of hydrogen-bond donors (Lipinski definition) is 2. The van der Waals surface area contributed by atoms with Gasteiger partial charge >= 0.3 is 12.1 Å². The van der Waals surface area contributed by atoms with Crippen molar-refractivity contribution in [2.45, 2.75) is 59.2 Å². The van der Waals surface area contributed by atoms with Gasteiger partial charge in [0.05, 0.1) is 5.92 Å². The summed E-state index contributed by atoms with van der Waals surface area (Å²) >= 11 is 0. The van der Waals surface area contributed by atoms with Gasteiger partial charge in [-0.3, -0.25) is 9.36 Å². The molecule has 2 N–H and O–H groups in total. The van der Waals surface area contributed by atoms with E-state index >= 15 is 0 Å². The molecule has 0 spiro atoms. The van der Waals surface area contributed by atoms with Crippen LogP contribution >= 0.6 is 7.37 Å². The zero-order chi connectivity index (χ0) is 18.0. The predicted octanol–water partition coefficient (Wildman–Crippen LogP) is 3.01. The maximum atomic E-state index is 13.7. The first-order valence-electron chi connectivity index (χ1n) is 7.70. The number of carbonyl (C=O) groups excluding carboxylic acids is 2. The van der Waals surface area contributed by atoms with E-state index in [0.29, 0.717) is 12.8 Å². The fraction of sp³-hybridized carbons (Fsp3) is 0.857. The van der Waals surface area contributed by atoms with E-state index in [1.807, 2.05) is 6.92 Å². The van der Waals surface area contributed by atoms with Gasteiger partial charge in [-0.15, -0.1) is 0 Å². The monoisotopic (exact) mass is 355 g/mol. The number of halogens is 1. The first kappa shape index (κ1) is 21.9. The Labute approximate surface area is 136 Å². The molecule has 1 amide bonds. The fourth-order valence-electron chi connectivity index (χ4n) is 1.54. The van der Waals surface area contributed by atoms with Gasteiger partial charge in [0, 0.05) is 26.1 Å². The van der Waals surface area contributed by atoms with E-state index in [0.717, 1.165) is 0 Å². The molecule has 0 radical (unpaired) electrons. The standard InChI is InChI=1S/C14H27FNO6P/c1-5-6-9-23(19,20)12(15)7-8-16-14(18)22-11(4)21-13(17)10(2)3/h10-12H,5-9H2,1-4H3,(H,16,18)(H,19,20)/t11-,12-/m0/s1. The lowest BCUT2D eigenvalue weighted by Crippen LogP contribution is -2.32. The number of alkyl halides is 1. The molecule has 0 saturated carbocycles. The van der Waals surface area contributed by atoms with Crippen molar-refractivity contribution in [3.05, 3.63) is 0 Å². The minimum absolute atomic E-state index is 0.0721. The van der Waals surface area contributed by atoms with Gasteiger partial charge in [-0.2, -0.15) is 0 Å². The number of carbonyl (C=O) groups is 2. The molecular weight excluding hydrogens is 328 g/mol. The van der Waals surface area contributed by atoms with Gasteiger partial charge in [0.2, 0.25) is 13.7 Å². The van der Waals surface area contributed by atoms with Crippen molar-refractivity contribution in [3.63, 3.8) is 0 Å². The molecule has 0 aromatic heterocycles. The summed E-state index contributed by atoms with van der Waals surface area (Å²) in [7, 11) is -3.85. The molecule has 3 atom stereocenters. The number of esters is 1. The normalized spacial score (nSPS) is 16.3. The average Bonchev–Trinajstić information content (AvgIpc) is 2.44. The molecule has 0 aliphatic heterocycles. The lowest BCUT2D eigenvalue weighted by atomic mass is 10.2. The topological polar surface area (TPSA) is 102 Å². The summed E-state index contributed by atoms with van der Waals surface area (Å²) < 4.78 is 35.0. The van der Waals surface area contributed by atoms with E-state index in [9.17, 15) is 23.4 Å². The number of hydrogen-bond acceptors (Lipinski definition) is 5. The summed E-state index contributed by atoms with van der Waals surface area (Å²) in [5.41, 5.74) is 0. The highest BCUT2D eigenvalue weighted by molar-refractivity contribution is 7.58. The predicted molar refractivity (Wildman–Crippen MR) is 84.0 cm³/mol. The van der Waals surface area contributed by atoms with Crippen LogP contribution in [-0.2, 0) is 18.8 Å². The van der Waals surface area contributed by atoms with E-state index in [1.54, 1.807) is 13.8 Å². The molecule has 7 nitrogen and oxygen atoms in total. The maximum absolute atomic E-state index is 13.7. The zero-order valence-electron chi connectivity index (χ0n) is 14.1. The van der Waals surface area contributed by atoms with Crippen molar-refractivity contribution in [1.82, 2.24) is 5.32 Å². The van der Waals surface area contributed by atoms with Gasteiger partial charge in [-0.05, 0) is 6.42 Å². The molecule has 136 valence electrons. The van der Waals surface area contributed by atoms with Crippen LogP contribution in [0.4, 0.5) is 9.18 Å². The van der Waals surface area contributed by atoms with Crippen LogP contribution in [0.3, 0.4) is 0 Å². The smallest absolute Gasteiger partial charge is 0.410 e. The van der Waals surface area contributed by atoms with Gasteiger partial charge in [-0.1, -0.05) is 27.2 Å². The maximum Gasteiger partial charge on any atom is 0.410 e. The molecule has 0 bridgehead atoms. The summed E-state index contributed by atoms with van der Waals surface area (Å²) in [4.78, 5) is 32.3. The summed E-state index contributed by atoms with van der Waals surface area (Å²) in [5.74, 6) is -2.74. The van der Waals surface area contributed by atoms with Crippen molar-refractivity contribution in [3.8, 4) is 0 Å². The second-order valence-electron chi connectivity index (χ2n) is 5.55. The van der Waals surface area contributed by atoms with E-state index in [1.165, 1.54) is 6.92 Å². The SMILES string of the molecule is CCCCP(=O)(O)[C@H](F)CCNC(=O)O[C@@H](C)OC(=O)C(C)C. The van der Waals surface area contributed by atoms with Gasteiger partial charge in [-0.25, -0.2) is 9.18 Å². The second-order valence-corrected chi connectivity index (χ2v) is 8.07. The molecule has 0 aliphatic carbocycles. The Balaban J connectivity index is 4.06. The quantitative estimate of drug-likeness (QED) is 0.355. The minimum Gasteiger partial charge on any atom is -0.425 e. The number of amides is 1. The third kappa shape index (κ3) is 9.56. The van der Waals surface area contributed by atoms with Crippen molar-refractivity contribution >= 4 is 19.4 Å². The van der Waals surface area contributed by atoms with Crippen molar-refractivity contribution < 1.29 is 32.9 Å². The highest BCUT2D eigenvalue weighted by atomic mass is 31.2.